The van der Waals surface area contributed by atoms with Gasteiger partial charge in [-0.05, 0) is 36.4 Å². The summed E-state index contributed by atoms with van der Waals surface area (Å²) in [4.78, 5) is 40.8. The fraction of sp³-hybridized carbons (Fsp3) is 0.375. The number of ether oxygens (including phenoxy) is 3. The largest absolute Gasteiger partial charge is 0.497 e. The van der Waals surface area contributed by atoms with Crippen molar-refractivity contribution in [2.75, 3.05) is 61.7 Å². The van der Waals surface area contributed by atoms with Crippen LogP contribution in [-0.4, -0.2) is 64.3 Å². The van der Waals surface area contributed by atoms with Crippen LogP contribution in [0.3, 0.4) is 0 Å². The molecule has 0 radical (unpaired) electrons. The number of morpholine rings is 1. The van der Waals surface area contributed by atoms with Gasteiger partial charge < -0.3 is 29.3 Å². The summed E-state index contributed by atoms with van der Waals surface area (Å²) in [7, 11) is 1.55. The zero-order valence-corrected chi connectivity index (χ0v) is 18.5. The van der Waals surface area contributed by atoms with Crippen LogP contribution in [0.25, 0.3) is 0 Å². The van der Waals surface area contributed by atoms with Crippen molar-refractivity contribution in [3.63, 3.8) is 0 Å². The molecule has 4 rings (SSSR count). The summed E-state index contributed by atoms with van der Waals surface area (Å²) in [5.74, 6) is -1.16. The molecule has 2 aromatic rings. The summed E-state index contributed by atoms with van der Waals surface area (Å²) >= 11 is 0. The highest BCUT2D eigenvalue weighted by molar-refractivity contribution is 6.00. The number of carbonyl (C=O) groups excluding carboxylic acids is 3. The van der Waals surface area contributed by atoms with Gasteiger partial charge in [0, 0.05) is 49.2 Å². The Hall–Kier alpha value is -3.59. The molecule has 2 aromatic carbocycles. The van der Waals surface area contributed by atoms with Gasteiger partial charge in [-0.2, -0.15) is 0 Å². The molecule has 9 nitrogen and oxygen atoms in total. The second-order valence-electron chi connectivity index (χ2n) is 7.91. The molecule has 0 aromatic heterocycles. The zero-order valence-electron chi connectivity index (χ0n) is 18.5. The predicted molar refractivity (Wildman–Crippen MR) is 123 cm³/mol. The standard InChI is InChI=1S/C24H27N3O6/c1-31-21-4-2-3-20(14-21)27-15-17(13-23(27)29)24(30)33-16-22(28)25-18-5-7-19(8-6-18)26-9-11-32-12-10-26/h2-8,14,17H,9-13,15-16H2,1H3,(H,25,28). The topological polar surface area (TPSA) is 97.4 Å². The lowest BCUT2D eigenvalue weighted by atomic mass is 10.1. The monoisotopic (exact) mass is 453 g/mol. The normalized spacial score (nSPS) is 18.2. The Morgan fingerprint density at radius 2 is 1.85 bits per heavy atom. The molecule has 2 saturated heterocycles. The third kappa shape index (κ3) is 5.61. The van der Waals surface area contributed by atoms with Crippen LogP contribution in [-0.2, 0) is 23.9 Å². The Balaban J connectivity index is 1.25. The van der Waals surface area contributed by atoms with Gasteiger partial charge in [0.25, 0.3) is 5.91 Å². The molecule has 9 heteroatoms. The van der Waals surface area contributed by atoms with Crippen molar-refractivity contribution >= 4 is 34.8 Å². The van der Waals surface area contributed by atoms with E-state index < -0.39 is 24.4 Å². The minimum absolute atomic E-state index is 0.0423. The van der Waals surface area contributed by atoms with E-state index >= 15 is 0 Å². The molecule has 174 valence electrons. The van der Waals surface area contributed by atoms with Crippen LogP contribution in [0.5, 0.6) is 5.75 Å². The van der Waals surface area contributed by atoms with Crippen LogP contribution >= 0.6 is 0 Å². The molecule has 1 N–H and O–H groups in total. The minimum Gasteiger partial charge on any atom is -0.497 e. The number of methoxy groups -OCH3 is 1. The molecule has 0 spiro atoms. The molecule has 2 aliphatic rings. The lowest BCUT2D eigenvalue weighted by molar-refractivity contribution is -0.151. The van der Waals surface area contributed by atoms with E-state index in [1.54, 1.807) is 31.4 Å². The highest BCUT2D eigenvalue weighted by Crippen LogP contribution is 2.28. The van der Waals surface area contributed by atoms with Gasteiger partial charge in [-0.3, -0.25) is 14.4 Å². The summed E-state index contributed by atoms with van der Waals surface area (Å²) < 4.78 is 15.7. The highest BCUT2D eigenvalue weighted by atomic mass is 16.5. The fourth-order valence-corrected chi connectivity index (χ4v) is 3.92. The van der Waals surface area contributed by atoms with Crippen LogP contribution in [0.2, 0.25) is 0 Å². The maximum absolute atomic E-state index is 12.4. The average molecular weight is 453 g/mol. The molecule has 2 fully saturated rings. The van der Waals surface area contributed by atoms with Gasteiger partial charge in [0.1, 0.15) is 5.75 Å². The molecule has 1 unspecified atom stereocenters. The molecular weight excluding hydrogens is 426 g/mol. The zero-order chi connectivity index (χ0) is 23.2. The number of anilines is 3. The first-order valence-corrected chi connectivity index (χ1v) is 10.9. The SMILES string of the molecule is COc1cccc(N2CC(C(=O)OCC(=O)Nc3ccc(N4CCOCC4)cc3)CC2=O)c1. The Morgan fingerprint density at radius 3 is 2.58 bits per heavy atom. The maximum Gasteiger partial charge on any atom is 0.311 e. The van der Waals surface area contributed by atoms with Crippen molar-refractivity contribution < 1.29 is 28.6 Å². The van der Waals surface area contributed by atoms with E-state index in [2.05, 4.69) is 10.2 Å². The van der Waals surface area contributed by atoms with E-state index in [9.17, 15) is 14.4 Å². The van der Waals surface area contributed by atoms with Crippen LogP contribution in [0.4, 0.5) is 17.1 Å². The van der Waals surface area contributed by atoms with Gasteiger partial charge in [-0.15, -0.1) is 0 Å². The number of nitrogens with one attached hydrogen (secondary N) is 1. The second-order valence-corrected chi connectivity index (χ2v) is 7.91. The summed E-state index contributed by atoms with van der Waals surface area (Å²) in [5, 5.41) is 2.72. The van der Waals surface area contributed by atoms with Crippen molar-refractivity contribution in [1.29, 1.82) is 0 Å². The molecule has 0 saturated carbocycles. The Kier molecular flexibility index (Phi) is 7.09. The summed E-state index contributed by atoms with van der Waals surface area (Å²) in [6.07, 6.45) is 0.0423. The number of esters is 1. The third-order valence-electron chi connectivity index (χ3n) is 5.70. The van der Waals surface area contributed by atoms with E-state index in [4.69, 9.17) is 14.2 Å². The van der Waals surface area contributed by atoms with Gasteiger partial charge in [0.2, 0.25) is 5.91 Å². The maximum atomic E-state index is 12.4. The van der Waals surface area contributed by atoms with Crippen molar-refractivity contribution in [3.8, 4) is 5.75 Å². The van der Waals surface area contributed by atoms with Gasteiger partial charge in [-0.25, -0.2) is 0 Å². The predicted octanol–water partition coefficient (Wildman–Crippen LogP) is 2.07. The van der Waals surface area contributed by atoms with Crippen LogP contribution in [0.1, 0.15) is 6.42 Å². The van der Waals surface area contributed by atoms with Crippen LogP contribution < -0.4 is 19.9 Å². The summed E-state index contributed by atoms with van der Waals surface area (Å²) in [6.45, 7) is 2.87. The smallest absolute Gasteiger partial charge is 0.311 e. The van der Waals surface area contributed by atoms with Crippen molar-refractivity contribution in [2.45, 2.75) is 6.42 Å². The molecular formula is C24H27N3O6. The third-order valence-corrected chi connectivity index (χ3v) is 5.70. The number of hydrogen-bond donors (Lipinski definition) is 1. The molecule has 2 amide bonds. The van der Waals surface area contributed by atoms with E-state index in [1.165, 1.54) is 4.90 Å². The number of carbonyl (C=O) groups is 3. The Labute approximate surface area is 192 Å². The molecule has 2 aliphatic heterocycles. The number of rotatable bonds is 7. The van der Waals surface area contributed by atoms with E-state index in [0.717, 1.165) is 18.8 Å². The summed E-state index contributed by atoms with van der Waals surface area (Å²) in [6, 6.07) is 14.6. The first-order valence-electron chi connectivity index (χ1n) is 10.9. The van der Waals surface area contributed by atoms with E-state index in [1.807, 2.05) is 24.3 Å². The fourth-order valence-electron chi connectivity index (χ4n) is 3.92. The van der Waals surface area contributed by atoms with Crippen LogP contribution in [0, 0.1) is 5.92 Å². The number of hydrogen-bond acceptors (Lipinski definition) is 7. The number of benzene rings is 2. The highest BCUT2D eigenvalue weighted by Gasteiger charge is 2.36. The Morgan fingerprint density at radius 1 is 1.09 bits per heavy atom. The van der Waals surface area contributed by atoms with E-state index in [0.29, 0.717) is 30.3 Å². The van der Waals surface area contributed by atoms with Crippen LogP contribution in [0.15, 0.2) is 48.5 Å². The van der Waals surface area contributed by atoms with Gasteiger partial charge >= 0.3 is 5.97 Å². The van der Waals surface area contributed by atoms with Gasteiger partial charge in [-0.1, -0.05) is 6.07 Å². The average Bonchev–Trinajstić information content (AvgIpc) is 3.25. The molecule has 33 heavy (non-hydrogen) atoms. The second kappa shape index (κ2) is 10.4. The molecule has 1 atom stereocenters. The van der Waals surface area contributed by atoms with Crippen molar-refractivity contribution in [2.24, 2.45) is 5.92 Å². The first-order chi connectivity index (χ1) is 16.0. The summed E-state index contributed by atoms with van der Waals surface area (Å²) in [5.41, 5.74) is 2.34. The van der Waals surface area contributed by atoms with Crippen molar-refractivity contribution in [3.05, 3.63) is 48.5 Å². The first kappa shape index (κ1) is 22.6. The number of nitrogens with zero attached hydrogens (tertiary/aromatic N) is 2. The molecule has 0 bridgehead atoms. The van der Waals surface area contributed by atoms with Crippen molar-refractivity contribution in [1.82, 2.24) is 0 Å². The minimum atomic E-state index is -0.621. The molecule has 2 heterocycles. The lowest BCUT2D eigenvalue weighted by Gasteiger charge is -2.28. The van der Waals surface area contributed by atoms with Gasteiger partial charge in [0.15, 0.2) is 6.61 Å². The quantitative estimate of drug-likeness (QED) is 0.641. The van der Waals surface area contributed by atoms with E-state index in [-0.39, 0.29) is 18.9 Å². The van der Waals surface area contributed by atoms with Gasteiger partial charge in [0.05, 0.1) is 26.2 Å². The Bertz CT molecular complexity index is 1000. The molecule has 0 aliphatic carbocycles. The number of amides is 2. The lowest BCUT2D eigenvalue weighted by Crippen LogP contribution is -2.36.